The van der Waals surface area contributed by atoms with Gasteiger partial charge in [-0.3, -0.25) is 14.4 Å². The number of nitrogens with one attached hydrogen (secondary N) is 2. The first-order valence-corrected chi connectivity index (χ1v) is 8.52. The molecule has 0 bridgehead atoms. The highest BCUT2D eigenvalue weighted by molar-refractivity contribution is 5.98. The SMILES string of the molecule is CC(C)C[C@H]1NC(=O)[C@@H]2C[C@H](NC(=O)c3ccc(F)cc3)CN2C1=O. The number of halogens is 1. The number of hydrogen-bond donors (Lipinski definition) is 2. The van der Waals surface area contributed by atoms with E-state index < -0.39 is 17.9 Å². The third-order valence-electron chi connectivity index (χ3n) is 4.65. The minimum atomic E-state index is -0.533. The Morgan fingerprint density at radius 1 is 1.32 bits per heavy atom. The fourth-order valence-electron chi connectivity index (χ4n) is 3.46. The molecule has 1 aromatic carbocycles. The largest absolute Gasteiger partial charge is 0.347 e. The molecule has 2 fully saturated rings. The fraction of sp³-hybridized carbons (Fsp3) is 0.500. The maximum Gasteiger partial charge on any atom is 0.251 e. The van der Waals surface area contributed by atoms with Crippen molar-refractivity contribution >= 4 is 17.7 Å². The zero-order valence-corrected chi connectivity index (χ0v) is 14.3. The van der Waals surface area contributed by atoms with Gasteiger partial charge < -0.3 is 15.5 Å². The van der Waals surface area contributed by atoms with Crippen LogP contribution in [-0.2, 0) is 9.59 Å². The number of piperazine rings is 1. The summed E-state index contributed by atoms with van der Waals surface area (Å²) in [4.78, 5) is 38.7. The molecular weight excluding hydrogens is 325 g/mol. The third-order valence-corrected chi connectivity index (χ3v) is 4.65. The Kier molecular flexibility index (Phi) is 4.74. The summed E-state index contributed by atoms with van der Waals surface area (Å²) < 4.78 is 12.9. The molecule has 2 N–H and O–H groups in total. The lowest BCUT2D eigenvalue weighted by molar-refractivity contribution is -0.147. The van der Waals surface area contributed by atoms with E-state index in [4.69, 9.17) is 0 Å². The molecular formula is C18H22FN3O3. The standard InChI is InChI=1S/C18H22FN3O3/c1-10(2)7-14-18(25)22-9-13(8-15(22)17(24)21-14)20-16(23)11-3-5-12(19)6-4-11/h3-6,10,13-15H,7-9H2,1-2H3,(H,20,23)(H,21,24)/t13-,14+,15-/m0/s1. The van der Waals surface area contributed by atoms with Crippen molar-refractivity contribution in [3.63, 3.8) is 0 Å². The van der Waals surface area contributed by atoms with Crippen LogP contribution in [0.4, 0.5) is 4.39 Å². The van der Waals surface area contributed by atoms with Gasteiger partial charge in [0.25, 0.3) is 5.91 Å². The van der Waals surface area contributed by atoms with E-state index in [-0.39, 0.29) is 23.8 Å². The van der Waals surface area contributed by atoms with Crippen LogP contribution in [0.3, 0.4) is 0 Å². The average Bonchev–Trinajstić information content (AvgIpc) is 2.97. The molecule has 0 unspecified atom stereocenters. The number of fused-ring (bicyclic) bond motifs is 1. The van der Waals surface area contributed by atoms with Crippen LogP contribution in [0.25, 0.3) is 0 Å². The topological polar surface area (TPSA) is 78.5 Å². The van der Waals surface area contributed by atoms with Crippen LogP contribution in [0.2, 0.25) is 0 Å². The van der Waals surface area contributed by atoms with Crippen molar-refractivity contribution in [3.05, 3.63) is 35.6 Å². The van der Waals surface area contributed by atoms with E-state index in [1.807, 2.05) is 13.8 Å². The molecule has 6 nitrogen and oxygen atoms in total. The van der Waals surface area contributed by atoms with Crippen LogP contribution in [0, 0.1) is 11.7 Å². The summed E-state index contributed by atoms with van der Waals surface area (Å²) in [6.45, 7) is 4.32. The van der Waals surface area contributed by atoms with Gasteiger partial charge in [0.15, 0.2) is 0 Å². The Hall–Kier alpha value is -2.44. The molecule has 2 heterocycles. The Labute approximate surface area is 145 Å². The molecule has 2 aliphatic rings. The molecule has 2 saturated heterocycles. The van der Waals surface area contributed by atoms with Gasteiger partial charge in [0.1, 0.15) is 17.9 Å². The zero-order valence-electron chi connectivity index (χ0n) is 14.3. The lowest BCUT2D eigenvalue weighted by Crippen LogP contribution is -2.61. The van der Waals surface area contributed by atoms with Gasteiger partial charge in [-0.05, 0) is 43.0 Å². The van der Waals surface area contributed by atoms with Gasteiger partial charge in [-0.15, -0.1) is 0 Å². The van der Waals surface area contributed by atoms with Gasteiger partial charge in [0, 0.05) is 18.2 Å². The van der Waals surface area contributed by atoms with Crippen molar-refractivity contribution in [2.24, 2.45) is 5.92 Å². The van der Waals surface area contributed by atoms with Gasteiger partial charge in [0.2, 0.25) is 11.8 Å². The number of amides is 3. The minimum absolute atomic E-state index is 0.0863. The first kappa shape index (κ1) is 17.4. The number of nitrogens with zero attached hydrogens (tertiary/aromatic N) is 1. The summed E-state index contributed by atoms with van der Waals surface area (Å²) in [5.74, 6) is -0.701. The molecule has 0 aromatic heterocycles. The van der Waals surface area contributed by atoms with Crippen molar-refractivity contribution < 1.29 is 18.8 Å². The highest BCUT2D eigenvalue weighted by Gasteiger charge is 2.46. The van der Waals surface area contributed by atoms with Crippen molar-refractivity contribution in [3.8, 4) is 0 Å². The van der Waals surface area contributed by atoms with Crippen molar-refractivity contribution in [2.45, 2.75) is 44.8 Å². The predicted octanol–water partition coefficient (Wildman–Crippen LogP) is 1.07. The lowest BCUT2D eigenvalue weighted by Gasteiger charge is -2.35. The van der Waals surface area contributed by atoms with Gasteiger partial charge in [-0.25, -0.2) is 4.39 Å². The quantitative estimate of drug-likeness (QED) is 0.855. The normalized spacial score (nSPS) is 25.8. The molecule has 0 aliphatic carbocycles. The molecule has 7 heteroatoms. The van der Waals surface area contributed by atoms with E-state index in [1.165, 1.54) is 24.3 Å². The maximum atomic E-state index is 12.9. The van der Waals surface area contributed by atoms with Crippen LogP contribution >= 0.6 is 0 Å². The van der Waals surface area contributed by atoms with Gasteiger partial charge in [-0.2, -0.15) is 0 Å². The Morgan fingerprint density at radius 2 is 2.00 bits per heavy atom. The Balaban J connectivity index is 1.65. The summed E-state index contributed by atoms with van der Waals surface area (Å²) in [5.41, 5.74) is 0.347. The maximum absolute atomic E-state index is 12.9. The number of hydrogen-bond acceptors (Lipinski definition) is 3. The highest BCUT2D eigenvalue weighted by Crippen LogP contribution is 2.25. The van der Waals surface area contributed by atoms with E-state index in [2.05, 4.69) is 10.6 Å². The highest BCUT2D eigenvalue weighted by atomic mass is 19.1. The molecule has 134 valence electrons. The average molecular weight is 347 g/mol. The van der Waals surface area contributed by atoms with Crippen molar-refractivity contribution in [1.29, 1.82) is 0 Å². The zero-order chi connectivity index (χ0) is 18.1. The number of benzene rings is 1. The molecule has 3 atom stereocenters. The molecule has 0 radical (unpaired) electrons. The van der Waals surface area contributed by atoms with E-state index in [0.717, 1.165) is 0 Å². The number of rotatable bonds is 4. The summed E-state index contributed by atoms with van der Waals surface area (Å²) in [6, 6.07) is 3.94. The van der Waals surface area contributed by atoms with E-state index >= 15 is 0 Å². The van der Waals surface area contributed by atoms with Crippen LogP contribution in [-0.4, -0.2) is 47.3 Å². The first-order chi connectivity index (χ1) is 11.8. The molecule has 1 aromatic rings. The Bertz CT molecular complexity index is 689. The van der Waals surface area contributed by atoms with Crippen LogP contribution in [0.15, 0.2) is 24.3 Å². The van der Waals surface area contributed by atoms with E-state index in [9.17, 15) is 18.8 Å². The second-order valence-electron chi connectivity index (χ2n) is 7.11. The second-order valence-corrected chi connectivity index (χ2v) is 7.11. The Morgan fingerprint density at radius 3 is 2.64 bits per heavy atom. The second kappa shape index (κ2) is 6.82. The summed E-state index contributed by atoms with van der Waals surface area (Å²) >= 11 is 0. The minimum Gasteiger partial charge on any atom is -0.347 e. The molecule has 0 saturated carbocycles. The van der Waals surface area contributed by atoms with Gasteiger partial charge >= 0.3 is 0 Å². The van der Waals surface area contributed by atoms with Crippen molar-refractivity contribution in [2.75, 3.05) is 6.54 Å². The third kappa shape index (κ3) is 3.65. The first-order valence-electron chi connectivity index (χ1n) is 8.52. The summed E-state index contributed by atoms with van der Waals surface area (Å²) in [5, 5.41) is 5.63. The smallest absolute Gasteiger partial charge is 0.251 e. The molecule has 0 spiro atoms. The van der Waals surface area contributed by atoms with Crippen LogP contribution in [0.1, 0.15) is 37.0 Å². The monoisotopic (exact) mass is 347 g/mol. The molecule has 2 aliphatic heterocycles. The van der Waals surface area contributed by atoms with Crippen molar-refractivity contribution in [1.82, 2.24) is 15.5 Å². The number of carbonyl (C=O) groups excluding carboxylic acids is 3. The van der Waals surface area contributed by atoms with Crippen LogP contribution in [0.5, 0.6) is 0 Å². The van der Waals surface area contributed by atoms with Crippen LogP contribution < -0.4 is 10.6 Å². The van der Waals surface area contributed by atoms with E-state index in [1.54, 1.807) is 4.90 Å². The lowest BCUT2D eigenvalue weighted by atomic mass is 9.99. The molecule has 25 heavy (non-hydrogen) atoms. The summed E-state index contributed by atoms with van der Waals surface area (Å²) in [7, 11) is 0. The summed E-state index contributed by atoms with van der Waals surface area (Å²) in [6.07, 6.45) is 0.985. The number of carbonyl (C=O) groups is 3. The predicted molar refractivity (Wildman–Crippen MR) is 89.2 cm³/mol. The van der Waals surface area contributed by atoms with Gasteiger partial charge in [0.05, 0.1) is 0 Å². The molecule has 3 amide bonds. The fourth-order valence-corrected chi connectivity index (χ4v) is 3.46. The van der Waals surface area contributed by atoms with Gasteiger partial charge in [-0.1, -0.05) is 13.8 Å². The molecule has 3 rings (SSSR count). The van der Waals surface area contributed by atoms with E-state index in [0.29, 0.717) is 30.9 Å².